The number of aryl methyl sites for hydroxylation is 1. The van der Waals surface area contributed by atoms with Crippen LogP contribution in [0.5, 0.6) is 0 Å². The highest BCUT2D eigenvalue weighted by Crippen LogP contribution is 2.20. The number of amides is 1. The van der Waals surface area contributed by atoms with Crippen molar-refractivity contribution < 1.29 is 4.79 Å². The van der Waals surface area contributed by atoms with Crippen molar-refractivity contribution in [2.24, 2.45) is 5.73 Å². The average Bonchev–Trinajstić information content (AvgIpc) is 2.69. The van der Waals surface area contributed by atoms with Crippen LogP contribution in [-0.2, 0) is 4.79 Å². The molecule has 1 aliphatic heterocycles. The molecule has 5 heteroatoms. The molecule has 1 atom stereocenters. The van der Waals surface area contributed by atoms with Gasteiger partial charge < -0.3 is 11.1 Å². The first-order valence-corrected chi connectivity index (χ1v) is 6.46. The Kier molecular flexibility index (Phi) is 4.22. The SMILES string of the molecule is Cc1ccc(NC(=O)CN2CC[C@H](N)C2)cc1Cl. The van der Waals surface area contributed by atoms with E-state index >= 15 is 0 Å². The zero-order valence-corrected chi connectivity index (χ0v) is 11.2. The summed E-state index contributed by atoms with van der Waals surface area (Å²) in [6.07, 6.45) is 0.962. The molecule has 1 amide bonds. The molecule has 0 aliphatic carbocycles. The Bertz CT molecular complexity index is 450. The molecule has 18 heavy (non-hydrogen) atoms. The molecule has 4 nitrogen and oxygen atoms in total. The second-order valence-electron chi connectivity index (χ2n) is 4.80. The molecule has 0 saturated carbocycles. The summed E-state index contributed by atoms with van der Waals surface area (Å²) >= 11 is 6.01. The highest BCUT2D eigenvalue weighted by molar-refractivity contribution is 6.31. The molecule has 1 aliphatic rings. The largest absolute Gasteiger partial charge is 0.326 e. The molecule has 0 unspecified atom stereocenters. The number of nitrogens with one attached hydrogen (secondary N) is 1. The van der Waals surface area contributed by atoms with Crippen LogP contribution in [-0.4, -0.2) is 36.5 Å². The lowest BCUT2D eigenvalue weighted by molar-refractivity contribution is -0.117. The van der Waals surface area contributed by atoms with Gasteiger partial charge >= 0.3 is 0 Å². The lowest BCUT2D eigenvalue weighted by Gasteiger charge is -2.14. The third-order valence-electron chi connectivity index (χ3n) is 3.13. The van der Waals surface area contributed by atoms with Gasteiger partial charge in [0.15, 0.2) is 0 Å². The summed E-state index contributed by atoms with van der Waals surface area (Å²) in [6, 6.07) is 5.72. The number of hydrogen-bond donors (Lipinski definition) is 2. The molecule has 1 saturated heterocycles. The van der Waals surface area contributed by atoms with Gasteiger partial charge in [0.2, 0.25) is 5.91 Å². The van der Waals surface area contributed by atoms with Crippen LogP contribution in [0.3, 0.4) is 0 Å². The number of anilines is 1. The summed E-state index contributed by atoms with van der Waals surface area (Å²) in [5.41, 5.74) is 7.53. The van der Waals surface area contributed by atoms with Gasteiger partial charge in [0, 0.05) is 29.8 Å². The molecule has 0 bridgehead atoms. The van der Waals surface area contributed by atoms with Crippen LogP contribution in [0.2, 0.25) is 5.02 Å². The lowest BCUT2D eigenvalue weighted by atomic mass is 10.2. The van der Waals surface area contributed by atoms with Crippen molar-refractivity contribution in [2.75, 3.05) is 25.0 Å². The maximum Gasteiger partial charge on any atom is 0.238 e. The van der Waals surface area contributed by atoms with Gasteiger partial charge in [0.25, 0.3) is 0 Å². The normalized spacial score (nSPS) is 20.1. The minimum atomic E-state index is -0.0241. The van der Waals surface area contributed by atoms with E-state index in [9.17, 15) is 4.79 Å². The number of carbonyl (C=O) groups is 1. The monoisotopic (exact) mass is 267 g/mol. The van der Waals surface area contributed by atoms with Gasteiger partial charge in [-0.2, -0.15) is 0 Å². The number of halogens is 1. The Morgan fingerprint density at radius 2 is 2.39 bits per heavy atom. The van der Waals surface area contributed by atoms with Gasteiger partial charge in [-0.15, -0.1) is 0 Å². The molecule has 0 spiro atoms. The van der Waals surface area contributed by atoms with Crippen molar-refractivity contribution in [1.29, 1.82) is 0 Å². The summed E-state index contributed by atoms with van der Waals surface area (Å²) < 4.78 is 0. The molecule has 2 rings (SSSR count). The Hall–Kier alpha value is -1.10. The van der Waals surface area contributed by atoms with Gasteiger partial charge in [-0.3, -0.25) is 9.69 Å². The topological polar surface area (TPSA) is 58.4 Å². The summed E-state index contributed by atoms with van der Waals surface area (Å²) in [5, 5.41) is 3.51. The Morgan fingerprint density at radius 3 is 3.00 bits per heavy atom. The number of nitrogens with two attached hydrogens (primary N) is 1. The molecular weight excluding hydrogens is 250 g/mol. The van der Waals surface area contributed by atoms with Crippen molar-refractivity contribution in [1.82, 2.24) is 4.90 Å². The predicted molar refractivity (Wildman–Crippen MR) is 73.9 cm³/mol. The maximum atomic E-state index is 11.8. The van der Waals surface area contributed by atoms with Gasteiger partial charge in [-0.25, -0.2) is 0 Å². The third-order valence-corrected chi connectivity index (χ3v) is 3.54. The van der Waals surface area contributed by atoms with Crippen LogP contribution in [0.15, 0.2) is 18.2 Å². The van der Waals surface area contributed by atoms with E-state index < -0.39 is 0 Å². The van der Waals surface area contributed by atoms with Crippen molar-refractivity contribution in [2.45, 2.75) is 19.4 Å². The Balaban J connectivity index is 1.89. The molecule has 0 aromatic heterocycles. The van der Waals surface area contributed by atoms with Crippen LogP contribution in [0.1, 0.15) is 12.0 Å². The zero-order valence-electron chi connectivity index (χ0n) is 10.4. The fraction of sp³-hybridized carbons (Fsp3) is 0.462. The molecular formula is C13H18ClN3O. The summed E-state index contributed by atoms with van der Waals surface area (Å²) in [6.45, 7) is 4.00. The number of benzene rings is 1. The number of hydrogen-bond acceptors (Lipinski definition) is 3. The van der Waals surface area contributed by atoms with E-state index in [1.165, 1.54) is 0 Å². The highest BCUT2D eigenvalue weighted by Gasteiger charge is 2.20. The number of carbonyl (C=O) groups excluding carboxylic acids is 1. The molecule has 3 N–H and O–H groups in total. The number of nitrogens with zero attached hydrogens (tertiary/aromatic N) is 1. The summed E-state index contributed by atoms with van der Waals surface area (Å²) in [4.78, 5) is 13.9. The van der Waals surface area contributed by atoms with E-state index in [4.69, 9.17) is 17.3 Å². The van der Waals surface area contributed by atoms with Crippen LogP contribution < -0.4 is 11.1 Å². The minimum Gasteiger partial charge on any atom is -0.326 e. The van der Waals surface area contributed by atoms with Gasteiger partial charge in [0.1, 0.15) is 0 Å². The van der Waals surface area contributed by atoms with Crippen LogP contribution in [0.4, 0.5) is 5.69 Å². The molecule has 1 heterocycles. The van der Waals surface area contributed by atoms with Crippen molar-refractivity contribution in [3.63, 3.8) is 0 Å². The van der Waals surface area contributed by atoms with E-state index in [-0.39, 0.29) is 11.9 Å². The maximum absolute atomic E-state index is 11.8. The van der Waals surface area contributed by atoms with E-state index in [1.54, 1.807) is 6.07 Å². The Labute approximate surface area is 112 Å². The molecule has 1 aromatic carbocycles. The fourth-order valence-electron chi connectivity index (χ4n) is 2.08. The van der Waals surface area contributed by atoms with Crippen LogP contribution >= 0.6 is 11.6 Å². The first kappa shape index (κ1) is 13.3. The zero-order chi connectivity index (χ0) is 13.1. The number of rotatable bonds is 3. The molecule has 0 radical (unpaired) electrons. The number of likely N-dealkylation sites (tertiary alicyclic amines) is 1. The predicted octanol–water partition coefficient (Wildman–Crippen LogP) is 1.62. The molecule has 98 valence electrons. The van der Waals surface area contributed by atoms with Gasteiger partial charge in [-0.1, -0.05) is 17.7 Å². The van der Waals surface area contributed by atoms with Crippen LogP contribution in [0, 0.1) is 6.92 Å². The summed E-state index contributed by atoms with van der Waals surface area (Å²) in [7, 11) is 0. The van der Waals surface area contributed by atoms with E-state index in [2.05, 4.69) is 10.2 Å². The quantitative estimate of drug-likeness (QED) is 0.875. The third kappa shape index (κ3) is 3.45. The van der Waals surface area contributed by atoms with Crippen molar-refractivity contribution in [3.05, 3.63) is 28.8 Å². The van der Waals surface area contributed by atoms with Crippen molar-refractivity contribution in [3.8, 4) is 0 Å². The smallest absolute Gasteiger partial charge is 0.238 e. The lowest BCUT2D eigenvalue weighted by Crippen LogP contribution is -2.33. The fourth-order valence-corrected chi connectivity index (χ4v) is 2.26. The van der Waals surface area contributed by atoms with E-state index in [0.717, 1.165) is 30.8 Å². The minimum absolute atomic E-state index is 0.0241. The molecule has 1 fully saturated rings. The van der Waals surface area contributed by atoms with E-state index in [1.807, 2.05) is 19.1 Å². The molecule has 1 aromatic rings. The van der Waals surface area contributed by atoms with Crippen LogP contribution in [0.25, 0.3) is 0 Å². The first-order valence-electron chi connectivity index (χ1n) is 6.08. The highest BCUT2D eigenvalue weighted by atomic mass is 35.5. The second kappa shape index (κ2) is 5.69. The first-order chi connectivity index (χ1) is 8.54. The summed E-state index contributed by atoms with van der Waals surface area (Å²) in [5.74, 6) is -0.0241. The van der Waals surface area contributed by atoms with Gasteiger partial charge in [-0.05, 0) is 31.0 Å². The second-order valence-corrected chi connectivity index (χ2v) is 5.20. The standard InChI is InChI=1S/C13H18ClN3O/c1-9-2-3-11(6-12(9)14)16-13(18)8-17-5-4-10(15)7-17/h2-3,6,10H,4-5,7-8,15H2,1H3,(H,16,18)/t10-/m0/s1. The van der Waals surface area contributed by atoms with E-state index in [0.29, 0.717) is 11.6 Å². The Morgan fingerprint density at radius 1 is 1.61 bits per heavy atom. The van der Waals surface area contributed by atoms with Crippen molar-refractivity contribution >= 4 is 23.2 Å². The van der Waals surface area contributed by atoms with Gasteiger partial charge in [0.05, 0.1) is 6.54 Å². The average molecular weight is 268 g/mol.